The zero-order valence-electron chi connectivity index (χ0n) is 8.88. The first-order valence-corrected chi connectivity index (χ1v) is 4.90. The minimum atomic E-state index is -0.959. The van der Waals surface area contributed by atoms with Crippen LogP contribution in [0, 0.1) is 0 Å². The van der Waals surface area contributed by atoms with E-state index in [1.165, 1.54) is 0 Å². The van der Waals surface area contributed by atoms with Crippen molar-refractivity contribution in [1.29, 1.82) is 0 Å². The van der Waals surface area contributed by atoms with Gasteiger partial charge in [0.15, 0.2) is 0 Å². The topological polar surface area (TPSA) is 104 Å². The molecule has 0 amide bonds. The maximum absolute atomic E-state index is 9.93. The number of carboxylic acid groups (broad SMARTS) is 2. The van der Waals surface area contributed by atoms with Gasteiger partial charge in [0.2, 0.25) is 0 Å². The lowest BCUT2D eigenvalue weighted by Gasteiger charge is -2.01. The van der Waals surface area contributed by atoms with E-state index in [-0.39, 0.29) is 6.54 Å². The third kappa shape index (κ3) is 15.9. The van der Waals surface area contributed by atoms with E-state index in [2.05, 4.69) is 12.6 Å². The van der Waals surface area contributed by atoms with Crippen molar-refractivity contribution in [3.05, 3.63) is 0 Å². The Hall–Kier alpha value is -0.790. The smallest absolute Gasteiger partial charge is 0.320 e. The number of aliphatic carboxylic acids is 2. The first-order chi connectivity index (χ1) is 6.81. The van der Waals surface area contributed by atoms with E-state index in [9.17, 15) is 9.59 Å². The number of thiol groups is 1. The summed E-state index contributed by atoms with van der Waals surface area (Å²) in [6.45, 7) is 0.111. The Labute approximate surface area is 94.5 Å². The summed E-state index contributed by atoms with van der Waals surface area (Å²) in [6, 6.07) is -0.743. The lowest BCUT2D eigenvalue weighted by atomic mass is 10.2. The van der Waals surface area contributed by atoms with E-state index in [0.717, 1.165) is 0 Å². The molecular weight excluding hydrogens is 220 g/mol. The minimum absolute atomic E-state index is 0.111. The Morgan fingerprint density at radius 2 is 1.87 bits per heavy atom. The number of nitrogens with two attached hydrogens (primary N) is 1. The van der Waals surface area contributed by atoms with Gasteiger partial charge in [-0.05, 0) is 26.3 Å². The maximum atomic E-state index is 9.93. The lowest BCUT2D eigenvalue weighted by Crippen LogP contribution is -2.30. The normalized spacial score (nSPS) is 11.5. The highest BCUT2D eigenvalue weighted by Crippen LogP contribution is 1.88. The zero-order valence-corrected chi connectivity index (χ0v) is 9.78. The molecule has 0 rings (SSSR count). The van der Waals surface area contributed by atoms with Gasteiger partial charge in [-0.15, -0.1) is 0 Å². The summed E-state index contributed by atoms with van der Waals surface area (Å²) in [5, 5.41) is 16.2. The van der Waals surface area contributed by atoms with Crippen LogP contribution >= 0.6 is 12.6 Å². The molecule has 0 aromatic heterocycles. The van der Waals surface area contributed by atoms with Crippen molar-refractivity contribution in [3.8, 4) is 0 Å². The van der Waals surface area contributed by atoms with Gasteiger partial charge in [0.25, 0.3) is 0 Å². The minimum Gasteiger partial charge on any atom is -0.480 e. The second-order valence-electron chi connectivity index (χ2n) is 3.09. The van der Waals surface area contributed by atoms with E-state index in [1.807, 2.05) is 0 Å². The lowest BCUT2D eigenvalue weighted by molar-refractivity contribution is -0.139. The van der Waals surface area contributed by atoms with Crippen molar-refractivity contribution < 1.29 is 19.8 Å². The third-order valence-corrected chi connectivity index (χ3v) is 1.47. The molecule has 15 heavy (non-hydrogen) atoms. The van der Waals surface area contributed by atoms with Crippen LogP contribution in [0.3, 0.4) is 0 Å². The second-order valence-corrected chi connectivity index (χ2v) is 3.54. The van der Waals surface area contributed by atoms with Crippen molar-refractivity contribution in [2.75, 3.05) is 26.4 Å². The molecule has 0 aromatic rings. The van der Waals surface area contributed by atoms with E-state index in [4.69, 9.17) is 15.9 Å². The molecule has 0 radical (unpaired) electrons. The first-order valence-electron chi connectivity index (χ1n) is 4.27. The molecule has 0 aliphatic carbocycles. The molecule has 0 saturated heterocycles. The van der Waals surface area contributed by atoms with Crippen molar-refractivity contribution in [2.45, 2.75) is 12.5 Å². The van der Waals surface area contributed by atoms with Crippen LogP contribution in [0.15, 0.2) is 0 Å². The number of carboxylic acids is 2. The van der Waals surface area contributed by atoms with Gasteiger partial charge >= 0.3 is 11.9 Å². The van der Waals surface area contributed by atoms with Crippen molar-refractivity contribution >= 4 is 24.6 Å². The van der Waals surface area contributed by atoms with Gasteiger partial charge in [-0.25, -0.2) is 0 Å². The molecule has 6 nitrogen and oxygen atoms in total. The number of rotatable bonds is 5. The van der Waals surface area contributed by atoms with Gasteiger partial charge < -0.3 is 15.9 Å². The number of nitrogens with zero attached hydrogens (tertiary/aromatic N) is 1. The summed E-state index contributed by atoms with van der Waals surface area (Å²) >= 11 is 3.81. The molecule has 0 aliphatic rings. The molecule has 0 heterocycles. The second kappa shape index (κ2) is 9.75. The fourth-order valence-electron chi connectivity index (χ4n) is 0.533. The van der Waals surface area contributed by atoms with Crippen molar-refractivity contribution in [2.24, 2.45) is 5.73 Å². The fourth-order valence-corrected chi connectivity index (χ4v) is 0.811. The Kier molecular flexibility index (Phi) is 10.8. The monoisotopic (exact) mass is 238 g/mol. The third-order valence-electron chi connectivity index (χ3n) is 1.21. The number of likely N-dealkylation sites (N-methyl/N-ethyl adjacent to an activating group) is 1. The summed E-state index contributed by atoms with van der Waals surface area (Å²) < 4.78 is 0. The van der Waals surface area contributed by atoms with Crippen LogP contribution in [-0.4, -0.2) is 59.5 Å². The van der Waals surface area contributed by atoms with Crippen LogP contribution in [-0.2, 0) is 9.59 Å². The Morgan fingerprint density at radius 1 is 1.40 bits per heavy atom. The maximum Gasteiger partial charge on any atom is 0.320 e. The van der Waals surface area contributed by atoms with Crippen LogP contribution in [0.5, 0.6) is 0 Å². The average Bonchev–Trinajstić information content (AvgIpc) is 2.02. The molecule has 0 spiro atoms. The van der Waals surface area contributed by atoms with Crippen LogP contribution in [0.4, 0.5) is 0 Å². The predicted molar refractivity (Wildman–Crippen MR) is 60.3 cm³/mol. The van der Waals surface area contributed by atoms with E-state index in [1.54, 1.807) is 19.0 Å². The van der Waals surface area contributed by atoms with E-state index < -0.39 is 18.0 Å². The van der Waals surface area contributed by atoms with Gasteiger partial charge in [0.05, 0.1) is 6.54 Å². The van der Waals surface area contributed by atoms with Crippen molar-refractivity contribution in [1.82, 2.24) is 4.90 Å². The van der Waals surface area contributed by atoms with Crippen molar-refractivity contribution in [3.63, 3.8) is 0 Å². The van der Waals surface area contributed by atoms with Gasteiger partial charge in [0, 0.05) is 0 Å². The van der Waals surface area contributed by atoms with E-state index >= 15 is 0 Å². The molecule has 0 aromatic carbocycles. The van der Waals surface area contributed by atoms with Gasteiger partial charge in [-0.3, -0.25) is 14.5 Å². The number of carbonyl (C=O) groups is 2. The Morgan fingerprint density at radius 3 is 1.93 bits per heavy atom. The number of hydrogen-bond acceptors (Lipinski definition) is 5. The van der Waals surface area contributed by atoms with Gasteiger partial charge in [-0.1, -0.05) is 0 Å². The quantitative estimate of drug-likeness (QED) is 0.475. The zero-order chi connectivity index (χ0) is 12.4. The molecule has 7 heteroatoms. The van der Waals surface area contributed by atoms with Crippen LogP contribution in [0.2, 0.25) is 0 Å². The first kappa shape index (κ1) is 16.6. The highest BCUT2D eigenvalue weighted by Gasteiger charge is 2.08. The highest BCUT2D eigenvalue weighted by molar-refractivity contribution is 7.80. The molecule has 0 aliphatic heterocycles. The summed E-state index contributed by atoms with van der Waals surface area (Å²) in [4.78, 5) is 21.3. The average molecular weight is 238 g/mol. The molecule has 1 atom stereocenters. The standard InChI is InChI=1S/C4H9NO2S.C4H9NO2/c5-3(1-2-8)4(6)7;1-5(2)3-4(6)7/h3,8H,1-2,5H2,(H,6,7);3H2,1-2H3,(H,6,7)/t3-;/m0./s1. The Balaban J connectivity index is 0. The van der Waals surface area contributed by atoms with Gasteiger partial charge in [0.1, 0.15) is 6.04 Å². The van der Waals surface area contributed by atoms with Crippen LogP contribution < -0.4 is 5.73 Å². The molecule has 90 valence electrons. The molecule has 0 bridgehead atoms. The molecule has 0 unspecified atom stereocenters. The van der Waals surface area contributed by atoms with E-state index in [0.29, 0.717) is 12.2 Å². The molecule has 0 fully saturated rings. The van der Waals surface area contributed by atoms with Crippen LogP contribution in [0.25, 0.3) is 0 Å². The predicted octanol–water partition coefficient (Wildman–Crippen LogP) is -0.649. The molecular formula is C8H18N2O4S. The summed E-state index contributed by atoms with van der Waals surface area (Å²) in [5.41, 5.74) is 5.08. The van der Waals surface area contributed by atoms with Gasteiger partial charge in [-0.2, -0.15) is 12.6 Å². The number of hydrogen-bond donors (Lipinski definition) is 4. The van der Waals surface area contributed by atoms with Crippen LogP contribution in [0.1, 0.15) is 6.42 Å². The summed E-state index contributed by atoms with van der Waals surface area (Å²) in [6.07, 6.45) is 0.429. The highest BCUT2D eigenvalue weighted by atomic mass is 32.1. The summed E-state index contributed by atoms with van der Waals surface area (Å²) in [5.74, 6) is -1.22. The molecule has 0 saturated carbocycles. The summed E-state index contributed by atoms with van der Waals surface area (Å²) in [7, 11) is 3.43. The largest absolute Gasteiger partial charge is 0.480 e. The Bertz CT molecular complexity index is 199. The SMILES string of the molecule is CN(C)CC(=O)O.N[C@@H](CCS)C(=O)O. The fraction of sp³-hybridized carbons (Fsp3) is 0.750. The molecule has 4 N–H and O–H groups in total.